The molecule has 0 aliphatic carbocycles. The number of nitrogen functional groups attached to an aromatic ring is 1. The van der Waals surface area contributed by atoms with Crippen molar-refractivity contribution in [3.63, 3.8) is 0 Å². The minimum atomic E-state index is 0.352. The van der Waals surface area contributed by atoms with Gasteiger partial charge in [0.15, 0.2) is 0 Å². The van der Waals surface area contributed by atoms with Crippen LogP contribution in [0.4, 0.5) is 5.69 Å². The lowest BCUT2D eigenvalue weighted by Gasteiger charge is -2.19. The van der Waals surface area contributed by atoms with E-state index >= 15 is 0 Å². The molecular formula is C23H25N5S. The highest BCUT2D eigenvalue weighted by Gasteiger charge is 2.24. The molecule has 0 amide bonds. The zero-order valence-corrected chi connectivity index (χ0v) is 17.6. The number of hydrogen-bond acceptors (Lipinski definition) is 6. The van der Waals surface area contributed by atoms with E-state index < -0.39 is 0 Å². The highest BCUT2D eigenvalue weighted by molar-refractivity contribution is 7.17. The van der Waals surface area contributed by atoms with Crippen LogP contribution in [0.3, 0.4) is 0 Å². The van der Waals surface area contributed by atoms with Crippen LogP contribution < -0.4 is 5.73 Å². The summed E-state index contributed by atoms with van der Waals surface area (Å²) >= 11 is 1.50. The number of hydrogen-bond donors (Lipinski definition) is 2. The maximum Gasteiger partial charge on any atom is 0.143 e. The molecule has 0 saturated carbocycles. The minimum absolute atomic E-state index is 0.352. The number of likely N-dealkylation sites (tertiary alicyclic amines) is 1. The summed E-state index contributed by atoms with van der Waals surface area (Å²) in [6.45, 7) is 10.3. The molecule has 0 spiro atoms. The second-order valence-electron chi connectivity index (χ2n) is 7.50. The molecular weight excluding hydrogens is 378 g/mol. The molecule has 1 saturated heterocycles. The highest BCUT2D eigenvalue weighted by atomic mass is 32.1. The molecule has 0 radical (unpaired) electrons. The van der Waals surface area contributed by atoms with Gasteiger partial charge in [0.25, 0.3) is 0 Å². The molecule has 0 bridgehead atoms. The van der Waals surface area contributed by atoms with Gasteiger partial charge >= 0.3 is 0 Å². The van der Waals surface area contributed by atoms with Crippen molar-refractivity contribution in [1.82, 2.24) is 14.9 Å². The predicted octanol–water partition coefficient (Wildman–Crippen LogP) is 4.89. The Bertz CT molecular complexity index is 1080. The number of nitrogens with one attached hydrogen (secondary N) is 1. The third kappa shape index (κ3) is 3.68. The van der Waals surface area contributed by atoms with E-state index in [1.165, 1.54) is 24.2 Å². The fraction of sp³-hybridized carbons (Fsp3) is 0.261. The van der Waals surface area contributed by atoms with Gasteiger partial charge in [-0.15, -0.1) is 11.3 Å². The van der Waals surface area contributed by atoms with Crippen molar-refractivity contribution < 1.29 is 0 Å². The molecule has 3 heterocycles. The Morgan fingerprint density at radius 2 is 2.00 bits per heavy atom. The minimum Gasteiger partial charge on any atom is -0.398 e. The van der Waals surface area contributed by atoms with Gasteiger partial charge in [0.2, 0.25) is 0 Å². The molecule has 0 unspecified atom stereocenters. The van der Waals surface area contributed by atoms with E-state index in [1.807, 2.05) is 44.3 Å². The third-order valence-corrected chi connectivity index (χ3v) is 6.45. The quantitative estimate of drug-likeness (QED) is 0.470. The van der Waals surface area contributed by atoms with Crippen LogP contribution in [0, 0.1) is 19.3 Å². The van der Waals surface area contributed by atoms with Crippen molar-refractivity contribution in [2.45, 2.75) is 26.7 Å². The van der Waals surface area contributed by atoms with Gasteiger partial charge in [-0.3, -0.25) is 10.4 Å². The Balaban J connectivity index is 1.81. The number of nitrogens with zero attached hydrogens (tertiary/aromatic N) is 3. The molecule has 1 fully saturated rings. The van der Waals surface area contributed by atoms with E-state index in [-0.39, 0.29) is 0 Å². The average Bonchev–Trinajstić information content (AvgIpc) is 3.40. The molecule has 3 N–H and O–H groups in total. The van der Waals surface area contributed by atoms with Crippen LogP contribution in [0.15, 0.2) is 43.2 Å². The number of anilines is 1. The Morgan fingerprint density at radius 3 is 2.69 bits per heavy atom. The average molecular weight is 404 g/mol. The van der Waals surface area contributed by atoms with E-state index in [2.05, 4.69) is 16.5 Å². The Kier molecular flexibility index (Phi) is 5.20. The maximum absolute atomic E-state index is 8.84. The highest BCUT2D eigenvalue weighted by Crippen LogP contribution is 2.37. The number of thiazole rings is 1. The number of benzene rings is 1. The summed E-state index contributed by atoms with van der Waals surface area (Å²) in [4.78, 5) is 12.4. The lowest BCUT2D eigenvalue weighted by molar-refractivity contribution is 0.493. The fourth-order valence-electron chi connectivity index (χ4n) is 3.75. The van der Waals surface area contributed by atoms with Crippen molar-refractivity contribution in [1.29, 1.82) is 5.41 Å². The van der Waals surface area contributed by atoms with Gasteiger partial charge in [-0.05, 0) is 44.4 Å². The molecule has 4 rings (SSSR count). The van der Waals surface area contributed by atoms with Crippen molar-refractivity contribution in [2.24, 2.45) is 0 Å². The first-order chi connectivity index (χ1) is 14.0. The van der Waals surface area contributed by atoms with E-state index in [9.17, 15) is 0 Å². The van der Waals surface area contributed by atoms with Crippen molar-refractivity contribution >= 4 is 28.4 Å². The second kappa shape index (κ2) is 7.79. The van der Waals surface area contributed by atoms with Gasteiger partial charge in [-0.2, -0.15) is 0 Å². The van der Waals surface area contributed by atoms with Gasteiger partial charge in [0.05, 0.1) is 16.3 Å². The molecule has 1 aliphatic rings. The van der Waals surface area contributed by atoms with Gasteiger partial charge in [0.1, 0.15) is 10.7 Å². The standard InChI is InChI=1S/C23H25N5S/c1-14-11-15(2)19(24)18(12-14)20(25)23-27-21(16(3)28-9-4-5-10-28)22(29-23)17-7-6-8-26-13-17/h6-8,11-13,25H,3-5,9-10,24H2,1-2H3. The predicted molar refractivity (Wildman–Crippen MR) is 121 cm³/mol. The molecule has 0 atom stereocenters. The molecule has 29 heavy (non-hydrogen) atoms. The molecule has 2 aromatic heterocycles. The van der Waals surface area contributed by atoms with Crippen molar-refractivity contribution in [2.75, 3.05) is 18.8 Å². The van der Waals surface area contributed by atoms with Crippen LogP contribution in [0.5, 0.6) is 0 Å². The van der Waals surface area contributed by atoms with Crippen molar-refractivity contribution in [3.05, 3.63) is 70.6 Å². The van der Waals surface area contributed by atoms with Crippen LogP contribution in [-0.4, -0.2) is 33.7 Å². The first-order valence-electron chi connectivity index (χ1n) is 9.77. The SMILES string of the molecule is C=C(c1nc(C(=N)c2cc(C)cc(C)c2N)sc1-c1cccnc1)N1CCCC1. The molecule has 3 aromatic rings. The Hall–Kier alpha value is -2.99. The summed E-state index contributed by atoms with van der Waals surface area (Å²) in [7, 11) is 0. The summed E-state index contributed by atoms with van der Waals surface area (Å²) in [5, 5.41) is 9.49. The maximum atomic E-state index is 8.84. The number of pyridine rings is 1. The summed E-state index contributed by atoms with van der Waals surface area (Å²) < 4.78 is 0. The second-order valence-corrected chi connectivity index (χ2v) is 8.50. The first-order valence-corrected chi connectivity index (χ1v) is 10.6. The number of aromatic nitrogens is 2. The Morgan fingerprint density at radius 1 is 1.24 bits per heavy atom. The number of rotatable bonds is 5. The molecule has 6 heteroatoms. The summed E-state index contributed by atoms with van der Waals surface area (Å²) in [5.41, 5.74) is 12.8. The van der Waals surface area contributed by atoms with Crippen LogP contribution in [0.2, 0.25) is 0 Å². The van der Waals surface area contributed by atoms with Crippen LogP contribution in [0.25, 0.3) is 16.1 Å². The van der Waals surface area contributed by atoms with E-state index in [4.69, 9.17) is 16.1 Å². The normalized spacial score (nSPS) is 13.7. The Labute approximate surface area is 175 Å². The summed E-state index contributed by atoms with van der Waals surface area (Å²) in [6.07, 6.45) is 5.95. The number of nitrogens with two attached hydrogens (primary N) is 1. The fourth-order valence-corrected chi connectivity index (χ4v) is 4.79. The molecule has 5 nitrogen and oxygen atoms in total. The summed E-state index contributed by atoms with van der Waals surface area (Å²) in [6, 6.07) is 7.95. The zero-order chi connectivity index (χ0) is 20.5. The smallest absolute Gasteiger partial charge is 0.143 e. The molecule has 148 valence electrons. The third-order valence-electron chi connectivity index (χ3n) is 5.33. The topological polar surface area (TPSA) is 78.9 Å². The van der Waals surface area contributed by atoms with Gasteiger partial charge in [-0.25, -0.2) is 4.98 Å². The monoisotopic (exact) mass is 403 g/mol. The zero-order valence-electron chi connectivity index (χ0n) is 16.8. The molecule has 1 aliphatic heterocycles. The first kappa shape index (κ1) is 19.3. The lowest BCUT2D eigenvalue weighted by Crippen LogP contribution is -2.17. The van der Waals surface area contributed by atoms with E-state index in [1.54, 1.807) is 6.20 Å². The van der Waals surface area contributed by atoms with Crippen molar-refractivity contribution in [3.8, 4) is 10.4 Å². The van der Waals surface area contributed by atoms with Gasteiger partial charge < -0.3 is 10.6 Å². The van der Waals surface area contributed by atoms with Crippen LogP contribution >= 0.6 is 11.3 Å². The van der Waals surface area contributed by atoms with Crippen LogP contribution in [-0.2, 0) is 0 Å². The van der Waals surface area contributed by atoms with Crippen LogP contribution in [0.1, 0.15) is 40.2 Å². The van der Waals surface area contributed by atoms with Gasteiger partial charge in [0, 0.05) is 42.3 Å². The van der Waals surface area contributed by atoms with Gasteiger partial charge in [-0.1, -0.05) is 24.3 Å². The lowest BCUT2D eigenvalue weighted by atomic mass is 10.0. The van der Waals surface area contributed by atoms with E-state index in [0.29, 0.717) is 16.4 Å². The van der Waals surface area contributed by atoms with E-state index in [0.717, 1.165) is 51.6 Å². The summed E-state index contributed by atoms with van der Waals surface area (Å²) in [5.74, 6) is 0. The number of aryl methyl sites for hydroxylation is 2. The molecule has 1 aromatic carbocycles. The largest absolute Gasteiger partial charge is 0.398 e.